The number of aryl methyl sites for hydroxylation is 2. The highest BCUT2D eigenvalue weighted by atomic mass is 35.5. The van der Waals surface area contributed by atoms with Gasteiger partial charge in [-0.25, -0.2) is 4.79 Å². The van der Waals surface area contributed by atoms with Gasteiger partial charge in [0.1, 0.15) is 12.4 Å². The van der Waals surface area contributed by atoms with Crippen LogP contribution in [0.25, 0.3) is 0 Å². The summed E-state index contributed by atoms with van der Waals surface area (Å²) in [4.78, 5) is 35.4. The number of ether oxygens (including phenoxy) is 1. The molecule has 0 aliphatic carbocycles. The van der Waals surface area contributed by atoms with Crippen molar-refractivity contribution in [1.29, 1.82) is 0 Å². The Morgan fingerprint density at radius 1 is 1.20 bits per heavy atom. The molecule has 1 N–H and O–H groups in total. The van der Waals surface area contributed by atoms with Gasteiger partial charge in [0.25, 0.3) is 11.6 Å². The first-order valence-corrected chi connectivity index (χ1v) is 9.09. The number of non-ortho nitro benzene ring substituents is 1. The molecule has 1 amide bonds. The van der Waals surface area contributed by atoms with Gasteiger partial charge in [0.15, 0.2) is 0 Å². The maximum atomic E-state index is 12.6. The van der Waals surface area contributed by atoms with Crippen LogP contribution in [-0.4, -0.2) is 22.0 Å². The second kappa shape index (κ2) is 8.75. The van der Waals surface area contributed by atoms with Crippen LogP contribution in [0.5, 0.6) is 0 Å². The van der Waals surface area contributed by atoms with Crippen LogP contribution < -0.4 is 5.32 Å². The van der Waals surface area contributed by atoms with Gasteiger partial charge < -0.3 is 14.6 Å². The van der Waals surface area contributed by atoms with Crippen LogP contribution >= 0.6 is 11.6 Å². The Morgan fingerprint density at radius 2 is 1.93 bits per heavy atom. The number of amides is 1. The molecule has 30 heavy (non-hydrogen) atoms. The van der Waals surface area contributed by atoms with Gasteiger partial charge in [0.2, 0.25) is 0 Å². The summed E-state index contributed by atoms with van der Waals surface area (Å²) in [5.41, 5.74) is 1.43. The summed E-state index contributed by atoms with van der Waals surface area (Å²) < 4.78 is 10.4. The number of nitro benzene ring substituents is 1. The molecule has 0 unspecified atom stereocenters. The van der Waals surface area contributed by atoms with Crippen LogP contribution in [0.2, 0.25) is 5.02 Å². The number of benzene rings is 2. The van der Waals surface area contributed by atoms with E-state index in [0.717, 1.165) is 6.07 Å². The van der Waals surface area contributed by atoms with Crippen molar-refractivity contribution < 1.29 is 23.8 Å². The minimum absolute atomic E-state index is 0.0289. The highest BCUT2D eigenvalue weighted by molar-refractivity contribution is 6.34. The van der Waals surface area contributed by atoms with Crippen molar-refractivity contribution in [3.05, 3.63) is 85.7 Å². The summed E-state index contributed by atoms with van der Waals surface area (Å²) in [7, 11) is 0. The lowest BCUT2D eigenvalue weighted by molar-refractivity contribution is -0.384. The molecule has 0 bridgehead atoms. The predicted octanol–water partition coefficient (Wildman–Crippen LogP) is 4.46. The van der Waals surface area contributed by atoms with Crippen molar-refractivity contribution in [2.75, 3.05) is 5.32 Å². The van der Waals surface area contributed by atoms with E-state index in [-0.39, 0.29) is 34.1 Å². The average molecular weight is 430 g/mol. The summed E-state index contributed by atoms with van der Waals surface area (Å²) in [6.07, 6.45) is 0. The van der Waals surface area contributed by atoms with E-state index in [1.807, 2.05) is 0 Å². The Kier molecular flexibility index (Phi) is 6.12. The molecule has 10 heteroatoms. The smallest absolute Gasteiger partial charge is 0.340 e. The second-order valence-corrected chi connectivity index (χ2v) is 6.71. The van der Waals surface area contributed by atoms with Gasteiger partial charge in [-0.05, 0) is 32.0 Å². The van der Waals surface area contributed by atoms with E-state index < -0.39 is 16.8 Å². The number of aromatic nitrogens is 1. The minimum atomic E-state index is -0.652. The number of carbonyl (C=O) groups excluding carboxylic acids is 2. The van der Waals surface area contributed by atoms with Crippen molar-refractivity contribution in [2.24, 2.45) is 0 Å². The number of nitro groups is 1. The Morgan fingerprint density at radius 3 is 2.57 bits per heavy atom. The number of rotatable bonds is 6. The third-order valence-electron chi connectivity index (χ3n) is 4.33. The quantitative estimate of drug-likeness (QED) is 0.348. The second-order valence-electron chi connectivity index (χ2n) is 6.30. The van der Waals surface area contributed by atoms with E-state index in [1.165, 1.54) is 24.3 Å². The molecular weight excluding hydrogens is 414 g/mol. The molecule has 154 valence electrons. The molecule has 0 spiro atoms. The lowest BCUT2D eigenvalue weighted by Gasteiger charge is -2.11. The Hall–Kier alpha value is -3.72. The normalized spacial score (nSPS) is 10.5. The van der Waals surface area contributed by atoms with Gasteiger partial charge in [0, 0.05) is 12.1 Å². The molecule has 0 radical (unpaired) electrons. The average Bonchev–Trinajstić information content (AvgIpc) is 3.03. The number of esters is 1. The van der Waals surface area contributed by atoms with Crippen molar-refractivity contribution in [3.8, 4) is 0 Å². The molecule has 0 aliphatic heterocycles. The number of nitrogens with one attached hydrogen (secondary N) is 1. The molecular formula is C20H16ClN3O6. The van der Waals surface area contributed by atoms with E-state index in [9.17, 15) is 19.7 Å². The number of para-hydroxylation sites is 1. The van der Waals surface area contributed by atoms with Crippen LogP contribution in [0.3, 0.4) is 0 Å². The van der Waals surface area contributed by atoms with Crippen molar-refractivity contribution in [3.63, 3.8) is 0 Å². The van der Waals surface area contributed by atoms with Gasteiger partial charge in [-0.15, -0.1) is 0 Å². The zero-order chi connectivity index (χ0) is 21.8. The van der Waals surface area contributed by atoms with Gasteiger partial charge >= 0.3 is 5.97 Å². The maximum Gasteiger partial charge on any atom is 0.340 e. The lowest BCUT2D eigenvalue weighted by atomic mass is 10.1. The molecule has 3 aromatic rings. The van der Waals surface area contributed by atoms with Gasteiger partial charge in [-0.3, -0.25) is 14.9 Å². The molecule has 0 atom stereocenters. The standard InChI is InChI=1S/C20H16ClN3O6/c1-11-16(12(2)30-23-11)10-29-20(26)15-5-3-4-6-18(15)22-19(25)14-8-7-13(24(27)28)9-17(14)21/h3-9H,10H2,1-2H3,(H,22,25). The zero-order valence-electron chi connectivity index (χ0n) is 16.0. The third kappa shape index (κ3) is 4.47. The summed E-state index contributed by atoms with van der Waals surface area (Å²) in [6.45, 7) is 3.42. The van der Waals surface area contributed by atoms with Crippen LogP contribution in [0.15, 0.2) is 47.0 Å². The molecule has 0 aliphatic rings. The molecule has 0 saturated heterocycles. The number of hydrogen-bond acceptors (Lipinski definition) is 7. The van der Waals surface area contributed by atoms with Crippen LogP contribution in [0.1, 0.15) is 37.7 Å². The summed E-state index contributed by atoms with van der Waals surface area (Å²) in [5, 5.41) is 17.1. The number of carbonyl (C=O) groups is 2. The first-order chi connectivity index (χ1) is 14.3. The number of hydrogen-bond donors (Lipinski definition) is 1. The number of anilines is 1. The maximum absolute atomic E-state index is 12.6. The van der Waals surface area contributed by atoms with E-state index in [2.05, 4.69) is 10.5 Å². The van der Waals surface area contributed by atoms with Gasteiger partial charge in [-0.1, -0.05) is 28.9 Å². The van der Waals surface area contributed by atoms with E-state index in [1.54, 1.807) is 26.0 Å². The Bertz CT molecular complexity index is 1120. The molecule has 3 rings (SSSR count). The first-order valence-electron chi connectivity index (χ1n) is 8.71. The predicted molar refractivity (Wildman–Crippen MR) is 108 cm³/mol. The molecule has 0 saturated carbocycles. The molecule has 0 fully saturated rings. The van der Waals surface area contributed by atoms with Crippen LogP contribution in [0, 0.1) is 24.0 Å². The van der Waals surface area contributed by atoms with E-state index >= 15 is 0 Å². The highest BCUT2D eigenvalue weighted by Crippen LogP contribution is 2.25. The monoisotopic (exact) mass is 429 g/mol. The lowest BCUT2D eigenvalue weighted by Crippen LogP contribution is -2.16. The fraction of sp³-hybridized carbons (Fsp3) is 0.150. The summed E-state index contributed by atoms with van der Waals surface area (Å²) in [5.74, 6) is -0.726. The number of nitrogens with zero attached hydrogens (tertiary/aromatic N) is 2. The molecule has 1 aromatic heterocycles. The van der Waals surface area contributed by atoms with E-state index in [0.29, 0.717) is 17.0 Å². The van der Waals surface area contributed by atoms with E-state index in [4.69, 9.17) is 20.9 Å². The first kappa shape index (κ1) is 21.0. The zero-order valence-corrected chi connectivity index (χ0v) is 16.7. The number of halogens is 1. The molecule has 1 heterocycles. The van der Waals surface area contributed by atoms with Gasteiger partial charge in [-0.2, -0.15) is 0 Å². The third-order valence-corrected chi connectivity index (χ3v) is 4.64. The SMILES string of the molecule is Cc1noc(C)c1COC(=O)c1ccccc1NC(=O)c1ccc([N+](=O)[O-])cc1Cl. The Balaban J connectivity index is 1.77. The fourth-order valence-electron chi connectivity index (χ4n) is 2.68. The summed E-state index contributed by atoms with van der Waals surface area (Å²) in [6, 6.07) is 9.80. The van der Waals surface area contributed by atoms with Crippen molar-refractivity contribution in [1.82, 2.24) is 5.16 Å². The fourth-order valence-corrected chi connectivity index (χ4v) is 2.95. The largest absolute Gasteiger partial charge is 0.457 e. The van der Waals surface area contributed by atoms with Crippen molar-refractivity contribution >= 4 is 34.9 Å². The highest BCUT2D eigenvalue weighted by Gasteiger charge is 2.19. The summed E-state index contributed by atoms with van der Waals surface area (Å²) >= 11 is 6.00. The van der Waals surface area contributed by atoms with Crippen molar-refractivity contribution in [2.45, 2.75) is 20.5 Å². The Labute approximate surface area is 175 Å². The molecule has 2 aromatic carbocycles. The molecule has 9 nitrogen and oxygen atoms in total. The topological polar surface area (TPSA) is 125 Å². The van der Waals surface area contributed by atoms with Crippen LogP contribution in [0.4, 0.5) is 11.4 Å². The minimum Gasteiger partial charge on any atom is -0.457 e. The van der Waals surface area contributed by atoms with Gasteiger partial charge in [0.05, 0.1) is 38.0 Å². The van der Waals surface area contributed by atoms with Crippen LogP contribution in [-0.2, 0) is 11.3 Å².